The molecule has 0 fully saturated rings. The van der Waals surface area contributed by atoms with E-state index >= 15 is 0 Å². The van der Waals surface area contributed by atoms with E-state index in [0.717, 1.165) is 5.56 Å². The van der Waals surface area contributed by atoms with E-state index in [-0.39, 0.29) is 0 Å². The van der Waals surface area contributed by atoms with Gasteiger partial charge in [-0.2, -0.15) is 0 Å². The summed E-state index contributed by atoms with van der Waals surface area (Å²) in [5.74, 6) is 1.13. The first-order chi connectivity index (χ1) is 10.1. The topological polar surface area (TPSA) is 118 Å². The van der Waals surface area contributed by atoms with Gasteiger partial charge in [0.15, 0.2) is 0 Å². The van der Waals surface area contributed by atoms with E-state index in [9.17, 15) is 5.11 Å². The van der Waals surface area contributed by atoms with E-state index in [1.54, 1.807) is 30.3 Å². The molecule has 0 aliphatic heterocycles. The summed E-state index contributed by atoms with van der Waals surface area (Å²) in [6.45, 7) is 4.13. The molecule has 0 aliphatic rings. The molecule has 0 aliphatic carbocycles. The Balaban J connectivity index is 0.000000322. The van der Waals surface area contributed by atoms with Crippen molar-refractivity contribution < 1.29 is 29.5 Å². The Morgan fingerprint density at radius 2 is 1.23 bits per heavy atom. The molecule has 0 atom stereocenters. The molecule has 0 saturated carbocycles. The van der Waals surface area contributed by atoms with E-state index in [4.69, 9.17) is 24.4 Å². The molecular formula is C15H21O6P. The van der Waals surface area contributed by atoms with Gasteiger partial charge in [-0.15, -0.1) is 0 Å². The van der Waals surface area contributed by atoms with E-state index < -0.39 is 7.82 Å². The lowest BCUT2D eigenvalue weighted by atomic mass is 10.0. The van der Waals surface area contributed by atoms with Gasteiger partial charge in [-0.05, 0) is 29.7 Å². The zero-order valence-electron chi connectivity index (χ0n) is 12.4. The molecule has 5 N–H and O–H groups in total. The predicted molar refractivity (Wildman–Crippen MR) is 84.6 cm³/mol. The Morgan fingerprint density at radius 1 is 0.818 bits per heavy atom. The predicted octanol–water partition coefficient (Wildman–Crippen LogP) is 2.98. The van der Waals surface area contributed by atoms with Crippen LogP contribution < -0.4 is 0 Å². The van der Waals surface area contributed by atoms with Crippen LogP contribution in [-0.2, 0) is 4.57 Å². The van der Waals surface area contributed by atoms with E-state index in [1.165, 1.54) is 0 Å². The number of benzene rings is 2. The van der Waals surface area contributed by atoms with Gasteiger partial charge in [0, 0.05) is 0 Å². The van der Waals surface area contributed by atoms with Crippen molar-refractivity contribution in [3.63, 3.8) is 0 Å². The van der Waals surface area contributed by atoms with Gasteiger partial charge < -0.3 is 24.9 Å². The van der Waals surface area contributed by atoms with Crippen LogP contribution in [0.4, 0.5) is 0 Å². The number of hydrogen-bond acceptors (Lipinski definition) is 3. The Bertz CT molecular complexity index is 571. The lowest BCUT2D eigenvalue weighted by molar-refractivity contribution is 0.275. The summed E-state index contributed by atoms with van der Waals surface area (Å²) in [5, 5.41) is 17.9. The second-order valence-corrected chi connectivity index (χ2v) is 5.59. The van der Waals surface area contributed by atoms with Crippen LogP contribution in [0.25, 0.3) is 0 Å². The van der Waals surface area contributed by atoms with E-state index in [0.29, 0.717) is 17.4 Å². The van der Waals surface area contributed by atoms with Crippen molar-refractivity contribution in [3.05, 3.63) is 60.2 Å². The normalized spacial score (nSPS) is 10.1. The molecule has 2 rings (SSSR count). The van der Waals surface area contributed by atoms with Crippen LogP contribution in [0.5, 0.6) is 11.5 Å². The molecule has 0 bridgehead atoms. The summed E-state index contributed by atoms with van der Waals surface area (Å²) >= 11 is 0. The van der Waals surface area contributed by atoms with E-state index in [1.807, 2.05) is 24.3 Å². The third kappa shape index (κ3) is 11.9. The maximum Gasteiger partial charge on any atom is 0.466 e. The average Bonchev–Trinajstić information content (AvgIpc) is 2.38. The minimum absolute atomic E-state index is 0.322. The smallest absolute Gasteiger partial charge is 0.466 e. The largest absolute Gasteiger partial charge is 0.508 e. The molecule has 0 aromatic heterocycles. The van der Waals surface area contributed by atoms with Crippen LogP contribution >= 0.6 is 7.82 Å². The van der Waals surface area contributed by atoms with Gasteiger partial charge in [-0.3, -0.25) is 0 Å². The molecule has 0 heterocycles. The molecule has 0 amide bonds. The SMILES string of the molecule is CC(C)c1ccccc1O.O=P(O)(O)O.Oc1ccccc1. The van der Waals surface area contributed by atoms with Gasteiger partial charge in [0.1, 0.15) is 11.5 Å². The molecule has 0 spiro atoms. The van der Waals surface area contributed by atoms with Crippen LogP contribution in [0.2, 0.25) is 0 Å². The lowest BCUT2D eigenvalue weighted by Crippen LogP contribution is -1.85. The molecule has 2 aromatic carbocycles. The van der Waals surface area contributed by atoms with Gasteiger partial charge >= 0.3 is 7.82 Å². The number of rotatable bonds is 1. The van der Waals surface area contributed by atoms with Gasteiger partial charge in [0.2, 0.25) is 0 Å². The Kier molecular flexibility index (Phi) is 9.13. The van der Waals surface area contributed by atoms with Crippen molar-refractivity contribution >= 4 is 7.82 Å². The van der Waals surface area contributed by atoms with Crippen molar-refractivity contribution in [1.29, 1.82) is 0 Å². The van der Waals surface area contributed by atoms with Crippen molar-refractivity contribution in [2.45, 2.75) is 19.8 Å². The minimum Gasteiger partial charge on any atom is -0.508 e. The summed E-state index contributed by atoms with van der Waals surface area (Å²) in [6.07, 6.45) is 0. The average molecular weight is 328 g/mol. The highest BCUT2D eigenvalue weighted by molar-refractivity contribution is 7.45. The highest BCUT2D eigenvalue weighted by atomic mass is 31.2. The number of para-hydroxylation sites is 2. The Labute approximate surface area is 129 Å². The monoisotopic (exact) mass is 328 g/mol. The third-order valence-electron chi connectivity index (χ3n) is 2.31. The minimum atomic E-state index is -4.64. The number of phosphoric acid groups is 1. The van der Waals surface area contributed by atoms with Crippen molar-refractivity contribution in [2.24, 2.45) is 0 Å². The zero-order chi connectivity index (χ0) is 17.2. The van der Waals surface area contributed by atoms with Crippen molar-refractivity contribution in [3.8, 4) is 11.5 Å². The van der Waals surface area contributed by atoms with Crippen molar-refractivity contribution in [1.82, 2.24) is 0 Å². The van der Waals surface area contributed by atoms with Crippen LogP contribution in [0.15, 0.2) is 54.6 Å². The van der Waals surface area contributed by atoms with Crippen molar-refractivity contribution in [2.75, 3.05) is 0 Å². The Morgan fingerprint density at radius 3 is 1.50 bits per heavy atom. The standard InChI is InChI=1S/C9H12O.C6H6O.H3O4P/c1-7(2)8-5-3-4-6-9(8)10;7-6-4-2-1-3-5-6;1-5(2,3)4/h3-7,10H,1-2H3;1-5,7H;(H3,1,2,3,4). The van der Waals surface area contributed by atoms with Crippen LogP contribution in [0, 0.1) is 0 Å². The maximum absolute atomic E-state index is 9.28. The molecule has 0 radical (unpaired) electrons. The summed E-state index contributed by atoms with van der Waals surface area (Å²) in [4.78, 5) is 21.6. The van der Waals surface area contributed by atoms with Gasteiger partial charge in [-0.1, -0.05) is 50.2 Å². The first kappa shape index (κ1) is 20.1. The highest BCUT2D eigenvalue weighted by Crippen LogP contribution is 2.26. The van der Waals surface area contributed by atoms with Crippen LogP contribution in [-0.4, -0.2) is 24.9 Å². The quantitative estimate of drug-likeness (QED) is 0.514. The van der Waals surface area contributed by atoms with E-state index in [2.05, 4.69) is 13.8 Å². The molecule has 6 nitrogen and oxygen atoms in total. The fourth-order valence-corrected chi connectivity index (χ4v) is 1.40. The first-order valence-corrected chi connectivity index (χ1v) is 7.98. The second kappa shape index (κ2) is 9.97. The fraction of sp³-hybridized carbons (Fsp3) is 0.200. The molecule has 0 saturated heterocycles. The van der Waals surface area contributed by atoms with Gasteiger partial charge in [0.25, 0.3) is 0 Å². The number of aromatic hydroxyl groups is 2. The number of phenols is 2. The summed E-state index contributed by atoms with van der Waals surface area (Å²) < 4.78 is 8.88. The highest BCUT2D eigenvalue weighted by Gasteiger charge is 2.02. The second-order valence-electron chi connectivity index (χ2n) is 4.56. The Hall–Kier alpha value is -1.85. The lowest BCUT2D eigenvalue weighted by Gasteiger charge is -2.05. The number of hydrogen-bond donors (Lipinski definition) is 5. The van der Waals surface area contributed by atoms with Crippen LogP contribution in [0.3, 0.4) is 0 Å². The zero-order valence-corrected chi connectivity index (χ0v) is 13.3. The summed E-state index contributed by atoms with van der Waals surface area (Å²) in [7, 11) is -4.64. The molecule has 7 heteroatoms. The molecule has 0 unspecified atom stereocenters. The van der Waals surface area contributed by atoms with Gasteiger partial charge in [0.05, 0.1) is 0 Å². The van der Waals surface area contributed by atoms with Crippen LogP contribution in [0.1, 0.15) is 25.3 Å². The molecule has 2 aromatic rings. The first-order valence-electron chi connectivity index (χ1n) is 6.41. The summed E-state index contributed by atoms with van der Waals surface area (Å²) in [5.41, 5.74) is 1.02. The summed E-state index contributed by atoms with van der Waals surface area (Å²) in [6, 6.07) is 16.1. The maximum atomic E-state index is 9.28. The third-order valence-corrected chi connectivity index (χ3v) is 2.31. The molecule has 22 heavy (non-hydrogen) atoms. The number of phenolic OH excluding ortho intramolecular Hbond substituents is 2. The van der Waals surface area contributed by atoms with Gasteiger partial charge in [-0.25, -0.2) is 4.57 Å². The fourth-order valence-electron chi connectivity index (χ4n) is 1.40. The molecule has 122 valence electrons. The molecular weight excluding hydrogens is 307 g/mol.